The molecule has 3 heterocycles. The minimum atomic E-state index is 0.0129. The van der Waals surface area contributed by atoms with Gasteiger partial charge in [0.05, 0.1) is 18.4 Å². The third-order valence-corrected chi connectivity index (χ3v) is 5.23. The topological polar surface area (TPSA) is 42.7 Å². The second-order valence-electron chi connectivity index (χ2n) is 9.20. The maximum absolute atomic E-state index is 6.32. The molecule has 1 saturated carbocycles. The molecule has 0 aromatic carbocycles. The molecular weight excluding hydrogens is 300 g/mol. The highest BCUT2D eigenvalue weighted by molar-refractivity contribution is 5.63. The van der Waals surface area contributed by atoms with Crippen LogP contribution in [-0.2, 0) is 5.41 Å². The van der Waals surface area contributed by atoms with E-state index in [0.29, 0.717) is 6.04 Å². The van der Waals surface area contributed by atoms with Gasteiger partial charge in [-0.2, -0.15) is 5.10 Å². The summed E-state index contributed by atoms with van der Waals surface area (Å²) in [7, 11) is 0. The minimum absolute atomic E-state index is 0.0129. The van der Waals surface area contributed by atoms with Crippen molar-refractivity contribution in [2.24, 2.45) is 0 Å². The van der Waals surface area contributed by atoms with Crippen molar-refractivity contribution in [2.45, 2.75) is 83.9 Å². The predicted octanol–water partition coefficient (Wildman–Crippen LogP) is 3.95. The van der Waals surface area contributed by atoms with Gasteiger partial charge in [0.25, 0.3) is 0 Å². The molecule has 0 saturated heterocycles. The van der Waals surface area contributed by atoms with Gasteiger partial charge in [-0.1, -0.05) is 20.8 Å². The highest BCUT2D eigenvalue weighted by Gasteiger charge is 2.44. The highest BCUT2D eigenvalue weighted by atomic mass is 16.5. The largest absolute Gasteiger partial charge is 0.483 e. The zero-order chi connectivity index (χ0) is 17.3. The summed E-state index contributed by atoms with van der Waals surface area (Å²) in [6.07, 6.45) is 7.76. The standard InChI is InChI=1S/C19H28N4O/c1-18(2,3)12-10-20-22-11-15-17(21-16(12)22)23(19(4,5)6)13-8-7-9-14(13)24-15/h10-11,13-14H,7-9H2,1-6H3/t13-,14+/m0/s1. The Balaban J connectivity index is 1.93. The van der Waals surface area contributed by atoms with Gasteiger partial charge >= 0.3 is 0 Å². The van der Waals surface area contributed by atoms with E-state index in [1.165, 1.54) is 18.4 Å². The molecule has 4 rings (SSSR count). The Morgan fingerprint density at radius 1 is 1.12 bits per heavy atom. The summed E-state index contributed by atoms with van der Waals surface area (Å²) in [5.74, 6) is 1.84. The van der Waals surface area contributed by atoms with Crippen LogP contribution in [0.2, 0.25) is 0 Å². The molecule has 1 aliphatic carbocycles. The Hall–Kier alpha value is -1.78. The number of anilines is 1. The first-order valence-electron chi connectivity index (χ1n) is 9.01. The zero-order valence-electron chi connectivity index (χ0n) is 15.6. The molecule has 24 heavy (non-hydrogen) atoms. The van der Waals surface area contributed by atoms with Crippen LogP contribution in [0.4, 0.5) is 5.82 Å². The summed E-state index contributed by atoms with van der Waals surface area (Å²) < 4.78 is 8.19. The molecule has 130 valence electrons. The molecule has 0 N–H and O–H groups in total. The lowest BCUT2D eigenvalue weighted by Crippen LogP contribution is -2.55. The van der Waals surface area contributed by atoms with Crippen molar-refractivity contribution in [2.75, 3.05) is 4.90 Å². The Bertz CT molecular complexity index is 781. The van der Waals surface area contributed by atoms with Crippen LogP contribution >= 0.6 is 0 Å². The normalized spacial score (nSPS) is 24.0. The molecule has 5 heteroatoms. The summed E-state index contributed by atoms with van der Waals surface area (Å²) in [5.41, 5.74) is 2.14. The molecule has 2 aliphatic rings. The van der Waals surface area contributed by atoms with Crippen molar-refractivity contribution >= 4 is 11.5 Å². The molecule has 2 atom stereocenters. The number of fused-ring (bicyclic) bond motifs is 3. The van der Waals surface area contributed by atoms with Gasteiger partial charge in [-0.3, -0.25) is 0 Å². The van der Waals surface area contributed by atoms with Crippen molar-refractivity contribution in [3.63, 3.8) is 0 Å². The quantitative estimate of drug-likeness (QED) is 0.734. The molecule has 0 radical (unpaired) electrons. The molecule has 0 spiro atoms. The van der Waals surface area contributed by atoms with Gasteiger partial charge in [0.2, 0.25) is 0 Å². The Kier molecular flexibility index (Phi) is 3.19. The number of aromatic nitrogens is 3. The summed E-state index contributed by atoms with van der Waals surface area (Å²) in [6, 6.07) is 0.424. The molecule has 1 aliphatic heterocycles. The van der Waals surface area contributed by atoms with Crippen molar-refractivity contribution in [3.8, 4) is 5.75 Å². The maximum atomic E-state index is 6.32. The fraction of sp³-hybridized carbons (Fsp3) is 0.684. The van der Waals surface area contributed by atoms with Crippen LogP contribution in [0.3, 0.4) is 0 Å². The number of hydrogen-bond acceptors (Lipinski definition) is 4. The second kappa shape index (κ2) is 4.87. The van der Waals surface area contributed by atoms with Gasteiger partial charge in [-0.05, 0) is 45.4 Å². The van der Waals surface area contributed by atoms with Crippen LogP contribution in [0.1, 0.15) is 66.4 Å². The van der Waals surface area contributed by atoms with Gasteiger partial charge in [0.1, 0.15) is 6.10 Å². The third-order valence-electron chi connectivity index (χ3n) is 5.23. The van der Waals surface area contributed by atoms with Crippen LogP contribution in [0, 0.1) is 0 Å². The Morgan fingerprint density at radius 2 is 1.88 bits per heavy atom. The third kappa shape index (κ3) is 2.28. The van der Waals surface area contributed by atoms with Gasteiger partial charge in [0.15, 0.2) is 17.2 Å². The van der Waals surface area contributed by atoms with Crippen LogP contribution in [0.5, 0.6) is 5.75 Å². The fourth-order valence-electron chi connectivity index (χ4n) is 4.15. The van der Waals surface area contributed by atoms with Crippen LogP contribution in [0.25, 0.3) is 5.65 Å². The van der Waals surface area contributed by atoms with Crippen molar-refractivity contribution in [1.82, 2.24) is 14.6 Å². The summed E-state index contributed by atoms with van der Waals surface area (Å²) >= 11 is 0. The van der Waals surface area contributed by atoms with E-state index in [1.54, 1.807) is 0 Å². The molecule has 2 aromatic rings. The first-order valence-corrected chi connectivity index (χ1v) is 9.01. The van der Waals surface area contributed by atoms with E-state index in [0.717, 1.165) is 23.6 Å². The Morgan fingerprint density at radius 3 is 2.54 bits per heavy atom. The van der Waals surface area contributed by atoms with E-state index in [2.05, 4.69) is 51.5 Å². The average Bonchev–Trinajstić information content (AvgIpc) is 3.05. The first-order chi connectivity index (χ1) is 11.2. The monoisotopic (exact) mass is 328 g/mol. The molecule has 1 fully saturated rings. The molecule has 2 aromatic heterocycles. The van der Waals surface area contributed by atoms with E-state index in [1.807, 2.05) is 16.9 Å². The maximum Gasteiger partial charge on any atom is 0.180 e. The van der Waals surface area contributed by atoms with Gasteiger partial charge in [-0.15, -0.1) is 0 Å². The van der Waals surface area contributed by atoms with Crippen LogP contribution in [-0.4, -0.2) is 32.3 Å². The highest BCUT2D eigenvalue weighted by Crippen LogP contribution is 2.44. The van der Waals surface area contributed by atoms with E-state index in [9.17, 15) is 0 Å². The summed E-state index contributed by atoms with van der Waals surface area (Å²) in [6.45, 7) is 13.4. The van der Waals surface area contributed by atoms with Crippen molar-refractivity contribution in [1.29, 1.82) is 0 Å². The average molecular weight is 328 g/mol. The first kappa shape index (κ1) is 15.7. The second-order valence-corrected chi connectivity index (χ2v) is 9.20. The summed E-state index contributed by atoms with van der Waals surface area (Å²) in [4.78, 5) is 7.54. The van der Waals surface area contributed by atoms with Gasteiger partial charge < -0.3 is 9.64 Å². The van der Waals surface area contributed by atoms with E-state index >= 15 is 0 Å². The molecule has 0 unspecified atom stereocenters. The van der Waals surface area contributed by atoms with Gasteiger partial charge in [0, 0.05) is 11.1 Å². The summed E-state index contributed by atoms with van der Waals surface area (Å²) in [5, 5.41) is 4.52. The number of nitrogens with zero attached hydrogens (tertiary/aromatic N) is 4. The smallest absolute Gasteiger partial charge is 0.180 e. The lowest BCUT2D eigenvalue weighted by atomic mass is 9.89. The molecule has 5 nitrogen and oxygen atoms in total. The SMILES string of the molecule is CC(C)(C)c1cnn2cc3c(nc12)N(C(C)(C)C)[C@H]1CCC[C@H]1O3. The lowest BCUT2D eigenvalue weighted by Gasteiger charge is -2.47. The molecule has 0 amide bonds. The van der Waals surface area contributed by atoms with Crippen LogP contribution < -0.4 is 9.64 Å². The molecular formula is C19H28N4O. The fourth-order valence-corrected chi connectivity index (χ4v) is 4.15. The van der Waals surface area contributed by atoms with Crippen LogP contribution in [0.15, 0.2) is 12.4 Å². The van der Waals surface area contributed by atoms with Crippen molar-refractivity contribution in [3.05, 3.63) is 18.0 Å². The van der Waals surface area contributed by atoms with E-state index in [-0.39, 0.29) is 17.1 Å². The molecule has 0 bridgehead atoms. The predicted molar refractivity (Wildman–Crippen MR) is 96.0 cm³/mol. The van der Waals surface area contributed by atoms with E-state index < -0.39 is 0 Å². The van der Waals surface area contributed by atoms with E-state index in [4.69, 9.17) is 9.72 Å². The number of hydrogen-bond donors (Lipinski definition) is 0. The number of rotatable bonds is 0. The number of ether oxygens (including phenoxy) is 1. The minimum Gasteiger partial charge on any atom is -0.483 e. The zero-order valence-corrected chi connectivity index (χ0v) is 15.6. The van der Waals surface area contributed by atoms with Crippen molar-refractivity contribution < 1.29 is 4.74 Å². The van der Waals surface area contributed by atoms with Gasteiger partial charge in [-0.25, -0.2) is 9.50 Å². The lowest BCUT2D eigenvalue weighted by molar-refractivity contribution is 0.156. The Labute approximate surface area is 144 Å².